The fourth-order valence-corrected chi connectivity index (χ4v) is 6.33. The number of nitro groups is 1. The molecule has 0 spiro atoms. The number of halogens is 1. The van der Waals surface area contributed by atoms with Gasteiger partial charge in [0.05, 0.1) is 10.5 Å². The van der Waals surface area contributed by atoms with Gasteiger partial charge >= 0.3 is 5.69 Å². The predicted molar refractivity (Wildman–Crippen MR) is 109 cm³/mol. The van der Waals surface area contributed by atoms with Crippen LogP contribution in [-0.4, -0.2) is 20.6 Å². The van der Waals surface area contributed by atoms with Crippen molar-refractivity contribution in [3.63, 3.8) is 0 Å². The Balaban J connectivity index is 1.49. The molecule has 8 heteroatoms. The number of carbonyl (C=O) groups is 1. The molecule has 1 aromatic carbocycles. The fraction of sp³-hybridized carbons (Fsp3) is 0.524. The minimum Gasteiger partial charge on any atom is -0.320 e. The molecule has 29 heavy (non-hydrogen) atoms. The Morgan fingerprint density at radius 2 is 1.86 bits per heavy atom. The first kappa shape index (κ1) is 18.6. The molecule has 4 bridgehead atoms. The van der Waals surface area contributed by atoms with E-state index in [4.69, 9.17) is 11.6 Å². The lowest BCUT2D eigenvalue weighted by atomic mass is 9.53. The number of hydrogen-bond acceptors (Lipinski definition) is 4. The summed E-state index contributed by atoms with van der Waals surface area (Å²) in [5, 5.41) is 19.4. The second-order valence-corrected chi connectivity index (χ2v) is 9.56. The lowest BCUT2D eigenvalue weighted by Gasteiger charge is -2.56. The Hall–Kier alpha value is -2.41. The van der Waals surface area contributed by atoms with Crippen molar-refractivity contribution in [2.45, 2.75) is 51.0 Å². The number of rotatable bonds is 4. The SMILES string of the molecule is Cc1ccc(Cl)cc1NC(=O)c1nn(C23CC4CC(CC(C4)C2)C3)cc1[N+](=O)[O-]. The lowest BCUT2D eigenvalue weighted by Crippen LogP contribution is -2.52. The molecule has 6 rings (SSSR count). The second kappa shape index (κ2) is 6.55. The van der Waals surface area contributed by atoms with Crippen LogP contribution in [0.2, 0.25) is 5.02 Å². The molecule has 4 saturated carbocycles. The Labute approximate surface area is 173 Å². The normalized spacial score (nSPS) is 29.8. The van der Waals surface area contributed by atoms with Crippen molar-refractivity contribution in [2.24, 2.45) is 17.8 Å². The highest BCUT2D eigenvalue weighted by atomic mass is 35.5. The molecule has 1 heterocycles. The fourth-order valence-electron chi connectivity index (χ4n) is 6.16. The first-order valence-electron chi connectivity index (χ1n) is 10.1. The number of carbonyl (C=O) groups excluding carboxylic acids is 1. The molecule has 152 valence electrons. The highest BCUT2D eigenvalue weighted by molar-refractivity contribution is 6.31. The molecule has 7 nitrogen and oxygen atoms in total. The van der Waals surface area contributed by atoms with Gasteiger partial charge in [-0.2, -0.15) is 5.10 Å². The number of aromatic nitrogens is 2. The molecule has 1 N–H and O–H groups in total. The Morgan fingerprint density at radius 3 is 2.45 bits per heavy atom. The van der Waals surface area contributed by atoms with Gasteiger partial charge in [0.1, 0.15) is 6.20 Å². The summed E-state index contributed by atoms with van der Waals surface area (Å²) >= 11 is 6.03. The topological polar surface area (TPSA) is 90.1 Å². The van der Waals surface area contributed by atoms with E-state index >= 15 is 0 Å². The van der Waals surface area contributed by atoms with E-state index in [1.54, 1.807) is 22.9 Å². The predicted octanol–water partition coefficient (Wildman–Crippen LogP) is 4.93. The van der Waals surface area contributed by atoms with E-state index in [0.29, 0.717) is 28.5 Å². The monoisotopic (exact) mass is 414 g/mol. The molecule has 2 aromatic rings. The Bertz CT molecular complexity index is 980. The Kier molecular flexibility index (Phi) is 4.21. The number of anilines is 1. The summed E-state index contributed by atoms with van der Waals surface area (Å²) < 4.78 is 1.76. The molecule has 0 saturated heterocycles. The molecule has 1 aromatic heterocycles. The van der Waals surface area contributed by atoms with E-state index in [1.165, 1.54) is 25.5 Å². The standard InChI is InChI=1S/C21H23ClN4O3/c1-12-2-3-16(22)7-17(12)23-20(27)19-18(26(28)29)11-25(24-19)21-8-13-4-14(9-21)6-15(5-13)10-21/h2-3,7,11,13-15H,4-6,8-10H2,1H3,(H,23,27). The largest absolute Gasteiger partial charge is 0.320 e. The minimum atomic E-state index is -0.578. The van der Waals surface area contributed by atoms with Crippen molar-refractivity contribution in [2.75, 3.05) is 5.32 Å². The van der Waals surface area contributed by atoms with Gasteiger partial charge in [0.25, 0.3) is 5.91 Å². The van der Waals surface area contributed by atoms with Crippen LogP contribution in [0.4, 0.5) is 11.4 Å². The maximum absolute atomic E-state index is 12.9. The molecule has 1 amide bonds. The first-order chi connectivity index (χ1) is 13.8. The highest BCUT2D eigenvalue weighted by Gasteiger charge is 2.53. The van der Waals surface area contributed by atoms with E-state index in [-0.39, 0.29) is 16.9 Å². The van der Waals surface area contributed by atoms with Gasteiger partial charge in [-0.15, -0.1) is 0 Å². The number of amides is 1. The lowest BCUT2D eigenvalue weighted by molar-refractivity contribution is -0.385. The molecular weight excluding hydrogens is 392 g/mol. The highest BCUT2D eigenvalue weighted by Crippen LogP contribution is 2.58. The number of nitrogens with one attached hydrogen (secondary N) is 1. The van der Waals surface area contributed by atoms with Crippen molar-refractivity contribution in [1.29, 1.82) is 0 Å². The van der Waals surface area contributed by atoms with Crippen LogP contribution in [0.3, 0.4) is 0 Å². The number of benzene rings is 1. The van der Waals surface area contributed by atoms with Crippen LogP contribution in [0.15, 0.2) is 24.4 Å². The third kappa shape index (κ3) is 3.12. The minimum absolute atomic E-state index is 0.134. The van der Waals surface area contributed by atoms with E-state index < -0.39 is 10.8 Å². The van der Waals surface area contributed by atoms with Crippen molar-refractivity contribution in [3.8, 4) is 0 Å². The van der Waals surface area contributed by atoms with Gasteiger partial charge in [-0.3, -0.25) is 19.6 Å². The van der Waals surface area contributed by atoms with Crippen molar-refractivity contribution in [3.05, 3.63) is 50.8 Å². The molecule has 4 fully saturated rings. The van der Waals surface area contributed by atoms with Crippen molar-refractivity contribution in [1.82, 2.24) is 9.78 Å². The van der Waals surface area contributed by atoms with Crippen molar-refractivity contribution < 1.29 is 9.72 Å². The van der Waals surface area contributed by atoms with Crippen molar-refractivity contribution >= 4 is 28.9 Å². The zero-order valence-corrected chi connectivity index (χ0v) is 17.0. The summed E-state index contributed by atoms with van der Waals surface area (Å²) in [4.78, 5) is 24.1. The summed E-state index contributed by atoms with van der Waals surface area (Å²) in [6, 6.07) is 5.16. The van der Waals surface area contributed by atoms with Gasteiger partial charge in [-0.05, 0) is 80.9 Å². The van der Waals surface area contributed by atoms with Gasteiger partial charge in [0.15, 0.2) is 0 Å². The summed E-state index contributed by atoms with van der Waals surface area (Å²) in [5.74, 6) is 1.45. The summed E-state index contributed by atoms with van der Waals surface area (Å²) in [7, 11) is 0. The van der Waals surface area contributed by atoms with Crippen LogP contribution in [0.25, 0.3) is 0 Å². The molecule has 0 atom stereocenters. The van der Waals surface area contributed by atoms with Gasteiger partial charge in [0.2, 0.25) is 5.69 Å². The first-order valence-corrected chi connectivity index (χ1v) is 10.5. The molecular formula is C21H23ClN4O3. The maximum atomic E-state index is 12.9. The second-order valence-electron chi connectivity index (χ2n) is 9.12. The van der Waals surface area contributed by atoms with Gasteiger partial charge < -0.3 is 5.32 Å². The third-order valence-corrected chi connectivity index (χ3v) is 7.28. The molecule has 4 aliphatic rings. The van der Waals surface area contributed by atoms with Crippen LogP contribution in [0.5, 0.6) is 0 Å². The van der Waals surface area contributed by atoms with E-state index in [0.717, 1.165) is 24.8 Å². The van der Waals surface area contributed by atoms with E-state index in [9.17, 15) is 14.9 Å². The Morgan fingerprint density at radius 1 is 1.24 bits per heavy atom. The molecule has 0 unspecified atom stereocenters. The number of nitrogens with zero attached hydrogens (tertiary/aromatic N) is 3. The molecule has 4 aliphatic carbocycles. The zero-order chi connectivity index (χ0) is 20.3. The van der Waals surface area contributed by atoms with Gasteiger partial charge in [-0.25, -0.2) is 0 Å². The summed E-state index contributed by atoms with van der Waals surface area (Å²) in [5.41, 5.74) is 0.805. The van der Waals surface area contributed by atoms with Crippen LogP contribution < -0.4 is 5.32 Å². The smallest absolute Gasteiger partial charge is 0.320 e. The van der Waals surface area contributed by atoms with Crippen LogP contribution in [-0.2, 0) is 5.54 Å². The molecule has 0 aliphatic heterocycles. The number of hydrogen-bond donors (Lipinski definition) is 1. The maximum Gasteiger partial charge on any atom is 0.320 e. The van der Waals surface area contributed by atoms with Crippen LogP contribution >= 0.6 is 11.6 Å². The third-order valence-electron chi connectivity index (χ3n) is 7.05. The van der Waals surface area contributed by atoms with E-state index in [1.807, 2.05) is 6.92 Å². The summed E-state index contributed by atoms with van der Waals surface area (Å²) in [6.07, 6.45) is 8.30. The van der Waals surface area contributed by atoms with Gasteiger partial charge in [-0.1, -0.05) is 17.7 Å². The average Bonchev–Trinajstić information content (AvgIpc) is 3.10. The van der Waals surface area contributed by atoms with E-state index in [2.05, 4.69) is 10.4 Å². The average molecular weight is 415 g/mol. The number of aryl methyl sites for hydroxylation is 1. The molecule has 0 radical (unpaired) electrons. The quantitative estimate of drug-likeness (QED) is 0.567. The van der Waals surface area contributed by atoms with Crippen LogP contribution in [0, 0.1) is 34.8 Å². The zero-order valence-electron chi connectivity index (χ0n) is 16.2. The van der Waals surface area contributed by atoms with Gasteiger partial charge in [0, 0.05) is 10.7 Å². The van der Waals surface area contributed by atoms with Crippen LogP contribution in [0.1, 0.15) is 54.6 Å². The summed E-state index contributed by atoms with van der Waals surface area (Å²) in [6.45, 7) is 1.84.